The minimum Gasteiger partial charge on any atom is -0.329 e. The molecule has 0 amide bonds. The van der Waals surface area contributed by atoms with Crippen LogP contribution in [0.2, 0.25) is 10.0 Å². The smallest absolute Gasteiger partial charge is 0.277 e. The van der Waals surface area contributed by atoms with Gasteiger partial charge in [-0.15, -0.1) is 0 Å². The summed E-state index contributed by atoms with van der Waals surface area (Å²) in [7, 11) is 0. The number of hydrogen-bond donors (Lipinski definition) is 1. The lowest BCUT2D eigenvalue weighted by Gasteiger charge is -2.16. The van der Waals surface area contributed by atoms with Crippen molar-refractivity contribution >= 4 is 40.8 Å². The van der Waals surface area contributed by atoms with Crippen LogP contribution in [0.4, 0.5) is 10.1 Å². The lowest BCUT2D eigenvalue weighted by Crippen LogP contribution is -2.27. The Bertz CT molecular complexity index is 787. The Hall–Kier alpha value is -1.11. The number of nitrogens with zero attached hydrogens (tertiary/aromatic N) is 2. The van der Waals surface area contributed by atoms with Gasteiger partial charge in [-0.1, -0.05) is 35.1 Å². The Labute approximate surface area is 141 Å². The molecule has 0 atom stereocenters. The molecule has 8 heteroatoms. The van der Waals surface area contributed by atoms with Crippen LogP contribution in [0.5, 0.6) is 0 Å². The summed E-state index contributed by atoms with van der Waals surface area (Å²) in [6, 6.07) is 3.14. The third kappa shape index (κ3) is 2.53. The molecule has 1 aliphatic heterocycles. The number of aromatic nitrogens is 2. The highest BCUT2D eigenvalue weighted by atomic mass is 35.5. The number of rotatable bonds is 3. The zero-order valence-electron chi connectivity index (χ0n) is 11.8. The van der Waals surface area contributed by atoms with E-state index in [1.165, 1.54) is 27.4 Å². The molecule has 2 aromatic rings. The van der Waals surface area contributed by atoms with Crippen molar-refractivity contribution in [1.82, 2.24) is 9.36 Å². The van der Waals surface area contributed by atoms with Gasteiger partial charge < -0.3 is 4.72 Å². The summed E-state index contributed by atoms with van der Waals surface area (Å²) in [6.45, 7) is 1.03. The van der Waals surface area contributed by atoms with Crippen molar-refractivity contribution in [2.75, 3.05) is 11.0 Å². The van der Waals surface area contributed by atoms with E-state index in [0.29, 0.717) is 29.4 Å². The summed E-state index contributed by atoms with van der Waals surface area (Å²) in [6.07, 6.45) is 3.58. The average Bonchev–Trinajstić information content (AvgIpc) is 2.75. The van der Waals surface area contributed by atoms with E-state index in [9.17, 15) is 9.18 Å². The lowest BCUT2D eigenvalue weighted by molar-refractivity contribution is 0.310. The topological polar surface area (TPSA) is 39.0 Å². The van der Waals surface area contributed by atoms with Gasteiger partial charge in [0.25, 0.3) is 5.56 Å². The van der Waals surface area contributed by atoms with E-state index >= 15 is 0 Å². The van der Waals surface area contributed by atoms with Crippen molar-refractivity contribution in [1.29, 1.82) is 0 Å². The number of anilines is 1. The monoisotopic (exact) mass is 361 g/mol. The van der Waals surface area contributed by atoms with Crippen molar-refractivity contribution < 1.29 is 4.39 Å². The summed E-state index contributed by atoms with van der Waals surface area (Å²) in [4.78, 5) is 12.5. The summed E-state index contributed by atoms with van der Waals surface area (Å²) < 4.78 is 20.5. The normalized spacial score (nSPS) is 14.0. The average molecular weight is 362 g/mol. The summed E-state index contributed by atoms with van der Waals surface area (Å²) in [5.41, 5.74) is 0.616. The van der Waals surface area contributed by atoms with E-state index in [1.54, 1.807) is 6.07 Å². The van der Waals surface area contributed by atoms with E-state index in [-0.39, 0.29) is 16.1 Å². The lowest BCUT2D eigenvalue weighted by atomic mass is 10.1. The zero-order valence-corrected chi connectivity index (χ0v) is 14.2. The van der Waals surface area contributed by atoms with Crippen LogP contribution in [-0.4, -0.2) is 15.6 Å². The second-order valence-electron chi connectivity index (χ2n) is 5.04. The molecule has 0 radical (unpaired) electrons. The molecule has 1 aliphatic rings. The number of halogens is 3. The molecular weight excluding hydrogens is 348 g/mol. The van der Waals surface area contributed by atoms with Gasteiger partial charge in [0.05, 0.1) is 15.7 Å². The van der Waals surface area contributed by atoms with Crippen LogP contribution in [0.15, 0.2) is 16.9 Å². The predicted octanol–water partition coefficient (Wildman–Crippen LogP) is 4.25. The Balaban J connectivity index is 2.22. The maximum absolute atomic E-state index is 14.7. The molecule has 0 spiro atoms. The molecule has 0 fully saturated rings. The molecule has 0 bridgehead atoms. The first kappa shape index (κ1) is 15.8. The second kappa shape index (κ2) is 6.18. The molecule has 4 nitrogen and oxygen atoms in total. The Morgan fingerprint density at radius 2 is 1.86 bits per heavy atom. The molecule has 0 aliphatic carbocycles. The molecule has 22 heavy (non-hydrogen) atoms. The first-order chi connectivity index (χ1) is 10.5. The first-order valence-electron chi connectivity index (χ1n) is 6.82. The van der Waals surface area contributed by atoms with Crippen LogP contribution >= 0.6 is 35.1 Å². The van der Waals surface area contributed by atoms with E-state index in [4.69, 9.17) is 23.2 Å². The first-order valence-corrected chi connectivity index (χ1v) is 8.80. The van der Waals surface area contributed by atoms with Crippen LogP contribution in [0.1, 0.15) is 12.8 Å². The molecule has 0 saturated heterocycles. The van der Waals surface area contributed by atoms with Crippen LogP contribution in [0.25, 0.3) is 11.1 Å². The largest absolute Gasteiger partial charge is 0.329 e. The van der Waals surface area contributed by atoms with Gasteiger partial charge in [-0.3, -0.25) is 9.48 Å². The van der Waals surface area contributed by atoms with Crippen LogP contribution in [0, 0.1) is 5.95 Å². The van der Waals surface area contributed by atoms with Crippen LogP contribution in [0.3, 0.4) is 0 Å². The Morgan fingerprint density at radius 1 is 1.18 bits per heavy atom. The number of fused-ring (bicyclic) bond motifs is 1. The molecule has 0 saturated carbocycles. The van der Waals surface area contributed by atoms with Crippen molar-refractivity contribution in [2.24, 2.45) is 0 Å². The van der Waals surface area contributed by atoms with Gasteiger partial charge in [0.2, 0.25) is 5.95 Å². The highest BCUT2D eigenvalue weighted by molar-refractivity contribution is 7.99. The minimum atomic E-state index is -0.538. The van der Waals surface area contributed by atoms with Gasteiger partial charge in [0, 0.05) is 24.9 Å². The predicted molar refractivity (Wildman–Crippen MR) is 90.5 cm³/mol. The standard InChI is InChI=1S/C14H14Cl2FN3OS/c1-22-18-11-6-8(9(15)7-10(11)16)12-13(17)19-4-2-3-5-20(19)14(12)21/h6-7,18H,2-5H2,1H3. The van der Waals surface area contributed by atoms with E-state index in [2.05, 4.69) is 4.72 Å². The van der Waals surface area contributed by atoms with Gasteiger partial charge in [-0.2, -0.15) is 4.39 Å². The molecule has 2 heterocycles. The highest BCUT2D eigenvalue weighted by Crippen LogP contribution is 2.36. The highest BCUT2D eigenvalue weighted by Gasteiger charge is 2.25. The van der Waals surface area contributed by atoms with Gasteiger partial charge >= 0.3 is 0 Å². The molecule has 3 rings (SSSR count). The fraction of sp³-hybridized carbons (Fsp3) is 0.357. The van der Waals surface area contributed by atoms with Crippen LogP contribution in [-0.2, 0) is 13.1 Å². The molecule has 1 aromatic heterocycles. The summed E-state index contributed by atoms with van der Waals surface area (Å²) >= 11 is 13.7. The molecule has 118 valence electrons. The fourth-order valence-electron chi connectivity index (χ4n) is 2.68. The van der Waals surface area contributed by atoms with E-state index in [0.717, 1.165) is 12.8 Å². The SMILES string of the molecule is CSNc1cc(-c2c(F)n3n(c2=O)CCCC3)c(Cl)cc1Cl. The zero-order chi connectivity index (χ0) is 15.9. The Morgan fingerprint density at radius 3 is 2.50 bits per heavy atom. The molecule has 1 N–H and O–H groups in total. The number of benzene rings is 1. The van der Waals surface area contributed by atoms with E-state index in [1.807, 2.05) is 6.26 Å². The van der Waals surface area contributed by atoms with Crippen molar-refractivity contribution in [2.45, 2.75) is 25.9 Å². The Kier molecular flexibility index (Phi) is 4.43. The second-order valence-corrected chi connectivity index (χ2v) is 6.47. The third-order valence-electron chi connectivity index (χ3n) is 3.70. The van der Waals surface area contributed by atoms with Crippen molar-refractivity contribution in [3.63, 3.8) is 0 Å². The maximum atomic E-state index is 14.7. The summed E-state index contributed by atoms with van der Waals surface area (Å²) in [5.74, 6) is -0.538. The van der Waals surface area contributed by atoms with Crippen LogP contribution < -0.4 is 10.3 Å². The number of hydrogen-bond acceptors (Lipinski definition) is 3. The van der Waals surface area contributed by atoms with Gasteiger partial charge in [0.15, 0.2) is 0 Å². The van der Waals surface area contributed by atoms with Crippen molar-refractivity contribution in [3.8, 4) is 11.1 Å². The number of nitrogens with one attached hydrogen (secondary N) is 1. The van der Waals surface area contributed by atoms with Gasteiger partial charge in [-0.25, -0.2) is 4.68 Å². The fourth-order valence-corrected chi connectivity index (χ4v) is 3.65. The van der Waals surface area contributed by atoms with E-state index < -0.39 is 5.95 Å². The quantitative estimate of drug-likeness (QED) is 0.830. The summed E-state index contributed by atoms with van der Waals surface area (Å²) in [5, 5.41) is 0.684. The molecule has 1 aromatic carbocycles. The molecule has 0 unspecified atom stereocenters. The van der Waals surface area contributed by atoms with Crippen molar-refractivity contribution in [3.05, 3.63) is 38.5 Å². The maximum Gasteiger partial charge on any atom is 0.277 e. The molecular formula is C14H14Cl2FN3OS. The minimum absolute atomic E-state index is 0.00715. The third-order valence-corrected chi connectivity index (χ3v) is 4.75. The van der Waals surface area contributed by atoms with Gasteiger partial charge in [-0.05, 0) is 25.0 Å². The van der Waals surface area contributed by atoms with Gasteiger partial charge in [0.1, 0.15) is 5.56 Å².